The van der Waals surface area contributed by atoms with E-state index in [1.807, 2.05) is 20.8 Å². The number of hydrogen-bond acceptors (Lipinski definition) is 3. The molecule has 7 heteroatoms. The monoisotopic (exact) mass is 392 g/mol. The first-order valence-corrected chi connectivity index (χ1v) is 6.31. The number of halogens is 1. The van der Waals surface area contributed by atoms with Crippen molar-refractivity contribution in [3.05, 3.63) is 39.9 Å². The van der Waals surface area contributed by atoms with Gasteiger partial charge in [0, 0.05) is 24.7 Å². The summed E-state index contributed by atoms with van der Waals surface area (Å²) in [6.45, 7) is 7.36. The zero-order chi connectivity index (χ0) is 14.3. The van der Waals surface area contributed by atoms with Gasteiger partial charge in [-0.05, 0) is 26.3 Å². The zero-order valence-corrected chi connectivity index (χ0v) is 14.3. The Hall–Kier alpha value is -1.38. The Labute approximate surface area is 136 Å². The number of aliphatic imine (C=N–C) groups is 1. The maximum Gasteiger partial charge on any atom is 0.269 e. The first kappa shape index (κ1) is 18.6. The summed E-state index contributed by atoms with van der Waals surface area (Å²) in [5.74, 6) is 0.746. The molecular weight excluding hydrogens is 371 g/mol. The van der Waals surface area contributed by atoms with Gasteiger partial charge in [-0.25, -0.2) is 4.99 Å². The molecule has 0 aliphatic rings. The van der Waals surface area contributed by atoms with E-state index in [2.05, 4.69) is 15.6 Å². The van der Waals surface area contributed by atoms with E-state index < -0.39 is 4.92 Å². The van der Waals surface area contributed by atoms with Crippen LogP contribution in [0.15, 0.2) is 29.3 Å². The summed E-state index contributed by atoms with van der Waals surface area (Å²) < 4.78 is 0. The fourth-order valence-corrected chi connectivity index (χ4v) is 1.49. The molecule has 0 radical (unpaired) electrons. The number of nitrogens with one attached hydrogen (secondary N) is 2. The molecule has 0 saturated heterocycles. The van der Waals surface area contributed by atoms with Gasteiger partial charge in [0.1, 0.15) is 0 Å². The molecule has 0 aromatic heterocycles. The van der Waals surface area contributed by atoms with E-state index >= 15 is 0 Å². The Morgan fingerprint density at radius 2 is 1.95 bits per heavy atom. The van der Waals surface area contributed by atoms with Gasteiger partial charge in [-0.1, -0.05) is 12.1 Å². The number of guanidine groups is 1. The molecule has 1 aromatic carbocycles. The lowest BCUT2D eigenvalue weighted by Gasteiger charge is -2.13. The molecule has 2 N–H and O–H groups in total. The second-order valence-corrected chi connectivity index (χ2v) is 4.42. The highest BCUT2D eigenvalue weighted by Gasteiger charge is 2.04. The lowest BCUT2D eigenvalue weighted by molar-refractivity contribution is -0.384. The van der Waals surface area contributed by atoms with E-state index in [1.165, 1.54) is 12.1 Å². The topological polar surface area (TPSA) is 79.6 Å². The minimum atomic E-state index is -0.405. The number of hydrogen-bond donors (Lipinski definition) is 2. The lowest BCUT2D eigenvalue weighted by Crippen LogP contribution is -2.40. The molecule has 0 spiro atoms. The van der Waals surface area contributed by atoms with E-state index in [0.717, 1.165) is 18.1 Å². The number of rotatable bonds is 5. The number of benzene rings is 1. The first-order valence-electron chi connectivity index (χ1n) is 6.31. The number of nitro groups is 1. The summed E-state index contributed by atoms with van der Waals surface area (Å²) in [5.41, 5.74) is 1.03. The van der Waals surface area contributed by atoms with Gasteiger partial charge in [-0.2, -0.15) is 0 Å². The Morgan fingerprint density at radius 3 is 2.40 bits per heavy atom. The maximum absolute atomic E-state index is 10.5. The molecule has 6 nitrogen and oxygen atoms in total. The molecule has 1 rings (SSSR count). The van der Waals surface area contributed by atoms with Gasteiger partial charge in [0.2, 0.25) is 0 Å². The Morgan fingerprint density at radius 1 is 1.35 bits per heavy atom. The molecule has 0 saturated carbocycles. The average molecular weight is 392 g/mol. The molecule has 20 heavy (non-hydrogen) atoms. The van der Waals surface area contributed by atoms with Crippen LogP contribution >= 0.6 is 24.0 Å². The largest absolute Gasteiger partial charge is 0.357 e. The summed E-state index contributed by atoms with van der Waals surface area (Å²) in [6, 6.07) is 6.73. The Balaban J connectivity index is 0.00000361. The van der Waals surface area contributed by atoms with Gasteiger partial charge in [-0.15, -0.1) is 24.0 Å². The van der Waals surface area contributed by atoms with Crippen molar-refractivity contribution in [2.24, 2.45) is 4.99 Å². The van der Waals surface area contributed by atoms with Crippen LogP contribution in [0, 0.1) is 10.1 Å². The fraction of sp³-hybridized carbons (Fsp3) is 0.462. The van der Waals surface area contributed by atoms with Crippen LogP contribution in [-0.4, -0.2) is 23.5 Å². The van der Waals surface area contributed by atoms with Crippen LogP contribution < -0.4 is 10.6 Å². The molecular formula is C13H21IN4O2. The van der Waals surface area contributed by atoms with E-state index in [4.69, 9.17) is 0 Å². The van der Waals surface area contributed by atoms with Gasteiger partial charge in [0.15, 0.2) is 5.96 Å². The average Bonchev–Trinajstić information content (AvgIpc) is 2.36. The van der Waals surface area contributed by atoms with Crippen LogP contribution in [0.2, 0.25) is 0 Å². The highest BCUT2D eigenvalue weighted by atomic mass is 127. The van der Waals surface area contributed by atoms with Gasteiger partial charge >= 0.3 is 0 Å². The number of nitrogens with zero attached hydrogens (tertiary/aromatic N) is 2. The van der Waals surface area contributed by atoms with Crippen LogP contribution in [0.5, 0.6) is 0 Å². The molecule has 0 atom stereocenters. The van der Waals surface area contributed by atoms with E-state index in [-0.39, 0.29) is 29.7 Å². The predicted octanol–water partition coefficient (Wildman–Crippen LogP) is 2.68. The van der Waals surface area contributed by atoms with Crippen molar-refractivity contribution in [2.75, 3.05) is 6.54 Å². The second-order valence-electron chi connectivity index (χ2n) is 4.42. The lowest BCUT2D eigenvalue weighted by atomic mass is 10.2. The summed E-state index contributed by atoms with van der Waals surface area (Å²) >= 11 is 0. The van der Waals surface area contributed by atoms with Gasteiger partial charge in [0.25, 0.3) is 5.69 Å². The predicted molar refractivity (Wildman–Crippen MR) is 91.6 cm³/mol. The third kappa shape index (κ3) is 6.69. The molecule has 0 amide bonds. The first-order chi connectivity index (χ1) is 9.02. The van der Waals surface area contributed by atoms with Crippen LogP contribution in [-0.2, 0) is 6.54 Å². The summed E-state index contributed by atoms with van der Waals surface area (Å²) in [6.07, 6.45) is 0. The summed E-state index contributed by atoms with van der Waals surface area (Å²) in [5, 5.41) is 16.9. The van der Waals surface area contributed by atoms with E-state index in [0.29, 0.717) is 12.6 Å². The molecule has 0 unspecified atom stereocenters. The maximum atomic E-state index is 10.5. The minimum absolute atomic E-state index is 0. The minimum Gasteiger partial charge on any atom is -0.357 e. The van der Waals surface area contributed by atoms with Crippen molar-refractivity contribution < 1.29 is 4.92 Å². The quantitative estimate of drug-likeness (QED) is 0.266. The fourth-order valence-electron chi connectivity index (χ4n) is 1.49. The van der Waals surface area contributed by atoms with Crippen LogP contribution in [0.3, 0.4) is 0 Å². The highest BCUT2D eigenvalue weighted by Crippen LogP contribution is 2.12. The SMILES string of the molecule is CCNC(=NCc1ccc([N+](=O)[O-])cc1)NC(C)C.I. The Kier molecular flexibility index (Phi) is 8.86. The molecule has 0 heterocycles. The Bertz CT molecular complexity index is 446. The normalized spacial score (nSPS) is 10.9. The molecule has 0 aliphatic heterocycles. The smallest absolute Gasteiger partial charge is 0.269 e. The second kappa shape index (κ2) is 9.51. The van der Waals surface area contributed by atoms with Crippen molar-refractivity contribution in [1.82, 2.24) is 10.6 Å². The summed E-state index contributed by atoms with van der Waals surface area (Å²) in [4.78, 5) is 14.6. The van der Waals surface area contributed by atoms with Crippen molar-refractivity contribution in [3.8, 4) is 0 Å². The molecule has 1 aromatic rings. The molecule has 0 bridgehead atoms. The van der Waals surface area contributed by atoms with Crippen LogP contribution in [0.1, 0.15) is 26.3 Å². The van der Waals surface area contributed by atoms with Crippen LogP contribution in [0.4, 0.5) is 5.69 Å². The third-order valence-electron chi connectivity index (χ3n) is 2.34. The third-order valence-corrected chi connectivity index (χ3v) is 2.34. The van der Waals surface area contributed by atoms with Crippen molar-refractivity contribution in [1.29, 1.82) is 0 Å². The number of non-ortho nitro benzene ring substituents is 1. The van der Waals surface area contributed by atoms with Crippen molar-refractivity contribution in [2.45, 2.75) is 33.4 Å². The van der Waals surface area contributed by atoms with Crippen molar-refractivity contribution >= 4 is 35.6 Å². The number of nitro benzene ring substituents is 1. The van der Waals surface area contributed by atoms with Gasteiger partial charge in [-0.3, -0.25) is 10.1 Å². The van der Waals surface area contributed by atoms with Crippen molar-refractivity contribution in [3.63, 3.8) is 0 Å². The van der Waals surface area contributed by atoms with E-state index in [9.17, 15) is 10.1 Å². The van der Waals surface area contributed by atoms with E-state index in [1.54, 1.807) is 12.1 Å². The standard InChI is InChI=1S/C13H20N4O2.HI/c1-4-14-13(16-10(2)3)15-9-11-5-7-12(8-6-11)17(18)19;/h5-8,10H,4,9H2,1-3H3,(H2,14,15,16);1H. The molecule has 112 valence electrons. The summed E-state index contributed by atoms with van der Waals surface area (Å²) in [7, 11) is 0. The molecule has 0 fully saturated rings. The zero-order valence-electron chi connectivity index (χ0n) is 11.9. The molecule has 0 aliphatic carbocycles. The highest BCUT2D eigenvalue weighted by molar-refractivity contribution is 14.0. The van der Waals surface area contributed by atoms with Gasteiger partial charge < -0.3 is 10.6 Å². The van der Waals surface area contributed by atoms with Gasteiger partial charge in [0.05, 0.1) is 11.5 Å². The van der Waals surface area contributed by atoms with Crippen LogP contribution in [0.25, 0.3) is 0 Å².